The fraction of sp³-hybridized carbons (Fsp3) is 0.350. The largest absolute Gasteiger partial charge is 0.462 e. The van der Waals surface area contributed by atoms with Gasteiger partial charge in [0.1, 0.15) is 11.3 Å². The maximum atomic E-state index is 12.8. The van der Waals surface area contributed by atoms with Gasteiger partial charge in [-0.1, -0.05) is 6.92 Å². The molecular formula is C20H21N5O3S. The number of ether oxygens (including phenoxy) is 1. The second-order valence-electron chi connectivity index (χ2n) is 7.03. The average Bonchev–Trinajstić information content (AvgIpc) is 3.35. The standard InChI is InChI=1S/C20H21N5O3S/c1-3-28-20(27)17-15-9-4-12(2)10-16(15)29-19(17)22-18(26)13-5-7-14(8-6-13)25-11-21-23-24-25/h5-8,11-12H,3-4,9-10H2,1-2H3,(H,22,26). The van der Waals surface area contributed by atoms with Crippen LogP contribution in [0.25, 0.3) is 5.69 Å². The topological polar surface area (TPSA) is 99.0 Å². The summed E-state index contributed by atoms with van der Waals surface area (Å²) >= 11 is 1.48. The predicted molar refractivity (Wildman–Crippen MR) is 109 cm³/mol. The second-order valence-corrected chi connectivity index (χ2v) is 8.14. The Morgan fingerprint density at radius 2 is 2.10 bits per heavy atom. The highest BCUT2D eigenvalue weighted by Gasteiger charge is 2.29. The van der Waals surface area contributed by atoms with Crippen LogP contribution in [0, 0.1) is 5.92 Å². The number of aromatic nitrogens is 4. The third kappa shape index (κ3) is 3.91. The van der Waals surface area contributed by atoms with E-state index in [2.05, 4.69) is 27.8 Å². The number of amides is 1. The summed E-state index contributed by atoms with van der Waals surface area (Å²) in [5, 5.41) is 14.5. The molecule has 1 amide bonds. The molecule has 29 heavy (non-hydrogen) atoms. The molecule has 0 spiro atoms. The number of hydrogen-bond donors (Lipinski definition) is 1. The van der Waals surface area contributed by atoms with E-state index in [9.17, 15) is 9.59 Å². The number of anilines is 1. The third-order valence-corrected chi connectivity index (χ3v) is 6.13. The number of rotatable bonds is 5. The van der Waals surface area contributed by atoms with Crippen molar-refractivity contribution in [1.29, 1.82) is 0 Å². The summed E-state index contributed by atoms with van der Waals surface area (Å²) < 4.78 is 6.77. The molecule has 0 fully saturated rings. The van der Waals surface area contributed by atoms with Gasteiger partial charge < -0.3 is 10.1 Å². The molecule has 0 saturated heterocycles. The summed E-state index contributed by atoms with van der Waals surface area (Å²) in [7, 11) is 0. The maximum absolute atomic E-state index is 12.8. The third-order valence-electron chi connectivity index (χ3n) is 4.96. The van der Waals surface area contributed by atoms with Crippen molar-refractivity contribution in [3.05, 3.63) is 52.2 Å². The van der Waals surface area contributed by atoms with E-state index in [-0.39, 0.29) is 11.9 Å². The summed E-state index contributed by atoms with van der Waals surface area (Å²) in [5.41, 5.74) is 2.77. The summed E-state index contributed by atoms with van der Waals surface area (Å²) in [6.07, 6.45) is 4.26. The smallest absolute Gasteiger partial charge is 0.341 e. The van der Waals surface area contributed by atoms with Crippen molar-refractivity contribution in [3.63, 3.8) is 0 Å². The van der Waals surface area contributed by atoms with Crippen molar-refractivity contribution in [2.45, 2.75) is 33.1 Å². The minimum atomic E-state index is -0.371. The van der Waals surface area contributed by atoms with Gasteiger partial charge in [-0.3, -0.25) is 4.79 Å². The minimum absolute atomic E-state index is 0.273. The van der Waals surface area contributed by atoms with E-state index in [0.29, 0.717) is 28.7 Å². The Bertz CT molecular complexity index is 1030. The van der Waals surface area contributed by atoms with Crippen LogP contribution in [0.2, 0.25) is 0 Å². The van der Waals surface area contributed by atoms with Gasteiger partial charge in [-0.2, -0.15) is 0 Å². The summed E-state index contributed by atoms with van der Waals surface area (Å²) in [6, 6.07) is 6.93. The lowest BCUT2D eigenvalue weighted by atomic mass is 9.88. The van der Waals surface area contributed by atoms with Gasteiger partial charge in [-0.05, 0) is 72.4 Å². The SMILES string of the molecule is CCOC(=O)c1c(NC(=O)c2ccc(-n3cnnn3)cc2)sc2c1CCC(C)C2. The Hall–Kier alpha value is -3.07. The quantitative estimate of drug-likeness (QED) is 0.647. The number of carbonyl (C=O) groups is 2. The van der Waals surface area contributed by atoms with Crippen LogP contribution in [0.1, 0.15) is 51.4 Å². The summed E-state index contributed by atoms with van der Waals surface area (Å²) in [5.74, 6) is -0.0760. The van der Waals surface area contributed by atoms with Crippen LogP contribution in [0.5, 0.6) is 0 Å². The molecule has 1 aliphatic rings. The van der Waals surface area contributed by atoms with Gasteiger partial charge in [0.25, 0.3) is 5.91 Å². The van der Waals surface area contributed by atoms with Crippen molar-refractivity contribution >= 4 is 28.2 Å². The van der Waals surface area contributed by atoms with Crippen LogP contribution in [0.3, 0.4) is 0 Å². The number of carbonyl (C=O) groups excluding carboxylic acids is 2. The molecule has 1 atom stereocenters. The Morgan fingerprint density at radius 3 is 2.79 bits per heavy atom. The fourth-order valence-corrected chi connectivity index (χ4v) is 4.87. The lowest BCUT2D eigenvalue weighted by molar-refractivity contribution is 0.0526. The van der Waals surface area contributed by atoms with Gasteiger partial charge >= 0.3 is 5.97 Å². The molecule has 1 N–H and O–H groups in total. The van der Waals surface area contributed by atoms with Crippen molar-refractivity contribution in [1.82, 2.24) is 20.2 Å². The average molecular weight is 411 g/mol. The number of benzene rings is 1. The van der Waals surface area contributed by atoms with E-state index in [4.69, 9.17) is 4.74 Å². The predicted octanol–water partition coefficient (Wildman–Crippen LogP) is 3.28. The Labute approximate surface area is 171 Å². The normalized spacial score (nSPS) is 15.6. The number of nitrogens with zero attached hydrogens (tertiary/aromatic N) is 4. The first-order chi connectivity index (χ1) is 14.1. The first-order valence-corrected chi connectivity index (χ1v) is 10.3. The van der Waals surface area contributed by atoms with Crippen LogP contribution < -0.4 is 5.32 Å². The van der Waals surface area contributed by atoms with Crippen LogP contribution in [-0.2, 0) is 17.6 Å². The monoisotopic (exact) mass is 411 g/mol. The number of fused-ring (bicyclic) bond motifs is 1. The molecule has 0 aliphatic heterocycles. The number of esters is 1. The molecule has 0 radical (unpaired) electrons. The zero-order valence-corrected chi connectivity index (χ0v) is 17.0. The molecule has 3 aromatic rings. The molecule has 8 nitrogen and oxygen atoms in total. The van der Waals surface area contributed by atoms with E-state index in [1.165, 1.54) is 22.3 Å². The van der Waals surface area contributed by atoms with Gasteiger partial charge in [0.05, 0.1) is 17.9 Å². The number of nitrogens with one attached hydrogen (secondary N) is 1. The fourth-order valence-electron chi connectivity index (χ4n) is 3.48. The molecular weight excluding hydrogens is 390 g/mol. The number of tetrazole rings is 1. The van der Waals surface area contributed by atoms with Gasteiger partial charge in [0.2, 0.25) is 0 Å². The maximum Gasteiger partial charge on any atom is 0.341 e. The van der Waals surface area contributed by atoms with E-state index in [1.807, 2.05) is 0 Å². The zero-order valence-electron chi connectivity index (χ0n) is 16.2. The lowest BCUT2D eigenvalue weighted by Gasteiger charge is -2.18. The molecule has 1 unspecified atom stereocenters. The van der Waals surface area contributed by atoms with Crippen LogP contribution in [0.15, 0.2) is 30.6 Å². The molecule has 2 heterocycles. The van der Waals surface area contributed by atoms with Crippen molar-refractivity contribution < 1.29 is 14.3 Å². The molecule has 1 aromatic carbocycles. The number of thiophene rings is 1. The van der Waals surface area contributed by atoms with Crippen molar-refractivity contribution in [2.75, 3.05) is 11.9 Å². The van der Waals surface area contributed by atoms with E-state index in [0.717, 1.165) is 35.4 Å². The zero-order chi connectivity index (χ0) is 20.4. The van der Waals surface area contributed by atoms with E-state index < -0.39 is 0 Å². The lowest BCUT2D eigenvalue weighted by Crippen LogP contribution is -2.16. The Morgan fingerprint density at radius 1 is 1.31 bits per heavy atom. The highest BCUT2D eigenvalue weighted by Crippen LogP contribution is 2.40. The molecule has 0 bridgehead atoms. The van der Waals surface area contributed by atoms with Gasteiger partial charge in [-0.15, -0.1) is 16.4 Å². The van der Waals surface area contributed by atoms with Gasteiger partial charge in [-0.25, -0.2) is 9.48 Å². The first-order valence-electron chi connectivity index (χ1n) is 9.53. The number of hydrogen-bond acceptors (Lipinski definition) is 7. The second kappa shape index (κ2) is 8.12. The molecule has 1 aliphatic carbocycles. The van der Waals surface area contributed by atoms with E-state index in [1.54, 1.807) is 31.2 Å². The molecule has 9 heteroatoms. The van der Waals surface area contributed by atoms with Crippen LogP contribution in [0.4, 0.5) is 5.00 Å². The highest BCUT2D eigenvalue weighted by molar-refractivity contribution is 7.17. The van der Waals surface area contributed by atoms with Crippen molar-refractivity contribution in [2.24, 2.45) is 5.92 Å². The minimum Gasteiger partial charge on any atom is -0.462 e. The van der Waals surface area contributed by atoms with Crippen LogP contribution >= 0.6 is 11.3 Å². The summed E-state index contributed by atoms with van der Waals surface area (Å²) in [4.78, 5) is 26.6. The van der Waals surface area contributed by atoms with Crippen molar-refractivity contribution in [3.8, 4) is 5.69 Å². The summed E-state index contributed by atoms with van der Waals surface area (Å²) in [6.45, 7) is 4.28. The van der Waals surface area contributed by atoms with Gasteiger partial charge in [0.15, 0.2) is 0 Å². The Kier molecular flexibility index (Phi) is 5.39. The first kappa shape index (κ1) is 19.3. The van der Waals surface area contributed by atoms with E-state index >= 15 is 0 Å². The molecule has 150 valence electrons. The molecule has 0 saturated carbocycles. The highest BCUT2D eigenvalue weighted by atomic mass is 32.1. The molecule has 2 aromatic heterocycles. The van der Waals surface area contributed by atoms with Crippen LogP contribution in [-0.4, -0.2) is 38.7 Å². The van der Waals surface area contributed by atoms with Gasteiger partial charge in [0, 0.05) is 10.4 Å². The Balaban J connectivity index is 1.60. The molecule has 4 rings (SSSR count).